The van der Waals surface area contributed by atoms with Gasteiger partial charge in [-0.1, -0.05) is 6.92 Å². The summed E-state index contributed by atoms with van der Waals surface area (Å²) in [5.41, 5.74) is 1.38. The molecule has 1 N–H and O–H groups in total. The molecule has 1 aromatic carbocycles. The van der Waals surface area contributed by atoms with Gasteiger partial charge in [0.1, 0.15) is 5.82 Å². The van der Waals surface area contributed by atoms with E-state index >= 15 is 0 Å². The van der Waals surface area contributed by atoms with Gasteiger partial charge in [-0.3, -0.25) is 9.89 Å². The van der Waals surface area contributed by atoms with Gasteiger partial charge < -0.3 is 0 Å². The first-order chi connectivity index (χ1) is 7.20. The zero-order chi connectivity index (χ0) is 10.8. The number of hydrogen-bond acceptors (Lipinski definition) is 1. The van der Waals surface area contributed by atoms with Crippen LogP contribution in [0.5, 0.6) is 0 Å². The second kappa shape index (κ2) is 3.73. The lowest BCUT2D eigenvalue weighted by Gasteiger charge is -2.00. The number of benzene rings is 1. The van der Waals surface area contributed by atoms with Gasteiger partial charge in [0.15, 0.2) is 0 Å². The molecule has 0 spiro atoms. The van der Waals surface area contributed by atoms with E-state index in [1.54, 1.807) is 18.2 Å². The van der Waals surface area contributed by atoms with Gasteiger partial charge in [-0.05, 0) is 30.7 Å². The van der Waals surface area contributed by atoms with Crippen molar-refractivity contribution in [2.45, 2.75) is 13.3 Å². The Morgan fingerprint density at radius 2 is 2.00 bits per heavy atom. The molecular formula is C11H11FN2O. The number of aromatic amines is 1. The molecule has 15 heavy (non-hydrogen) atoms. The summed E-state index contributed by atoms with van der Waals surface area (Å²) < 4.78 is 14.1. The molecule has 2 aromatic rings. The maximum Gasteiger partial charge on any atom is 0.271 e. The Hall–Kier alpha value is -1.84. The van der Waals surface area contributed by atoms with Crippen LogP contribution in [-0.4, -0.2) is 9.78 Å². The highest BCUT2D eigenvalue weighted by molar-refractivity contribution is 5.31. The van der Waals surface area contributed by atoms with Gasteiger partial charge in [-0.2, -0.15) is 0 Å². The molecule has 0 bridgehead atoms. The second-order valence-corrected chi connectivity index (χ2v) is 3.28. The Bertz CT molecular complexity index is 510. The number of nitrogens with zero attached hydrogens (tertiary/aromatic N) is 1. The van der Waals surface area contributed by atoms with Gasteiger partial charge in [-0.15, -0.1) is 0 Å². The summed E-state index contributed by atoms with van der Waals surface area (Å²) in [5, 5.41) is 2.95. The summed E-state index contributed by atoms with van der Waals surface area (Å²) >= 11 is 0. The van der Waals surface area contributed by atoms with E-state index < -0.39 is 0 Å². The van der Waals surface area contributed by atoms with E-state index in [-0.39, 0.29) is 11.4 Å². The van der Waals surface area contributed by atoms with Gasteiger partial charge in [0.25, 0.3) is 5.56 Å². The SMILES string of the molecule is CCc1cc(=O)n(-c2ccc(F)cc2)[nH]1. The van der Waals surface area contributed by atoms with Gasteiger partial charge in [0.05, 0.1) is 5.69 Å². The standard InChI is InChI=1S/C11H11FN2O/c1-2-9-7-11(15)14(13-9)10-5-3-8(12)4-6-10/h3-7,13H,2H2,1H3. The second-order valence-electron chi connectivity index (χ2n) is 3.28. The quantitative estimate of drug-likeness (QED) is 0.800. The van der Waals surface area contributed by atoms with Crippen molar-refractivity contribution in [3.8, 4) is 5.69 Å². The number of H-pyrrole nitrogens is 1. The van der Waals surface area contributed by atoms with Crippen LogP contribution in [0.15, 0.2) is 35.1 Å². The lowest BCUT2D eigenvalue weighted by atomic mass is 10.3. The Kier molecular flexibility index (Phi) is 2.41. The van der Waals surface area contributed by atoms with Gasteiger partial charge in [0, 0.05) is 11.8 Å². The van der Waals surface area contributed by atoms with E-state index in [0.29, 0.717) is 5.69 Å². The lowest BCUT2D eigenvalue weighted by molar-refractivity contribution is 0.627. The number of nitrogens with one attached hydrogen (secondary N) is 1. The van der Waals surface area contributed by atoms with E-state index in [4.69, 9.17) is 0 Å². The van der Waals surface area contributed by atoms with Crippen LogP contribution in [0.3, 0.4) is 0 Å². The minimum absolute atomic E-state index is 0.126. The Morgan fingerprint density at radius 3 is 2.53 bits per heavy atom. The summed E-state index contributed by atoms with van der Waals surface area (Å²) in [5.74, 6) is -0.311. The average molecular weight is 206 g/mol. The van der Waals surface area contributed by atoms with Crippen molar-refractivity contribution in [3.05, 3.63) is 52.2 Å². The molecule has 2 rings (SSSR count). The number of rotatable bonds is 2. The third-order valence-corrected chi connectivity index (χ3v) is 2.24. The number of aromatic nitrogens is 2. The molecule has 0 fully saturated rings. The van der Waals surface area contributed by atoms with Gasteiger partial charge >= 0.3 is 0 Å². The van der Waals surface area contributed by atoms with Crippen LogP contribution in [0.25, 0.3) is 5.69 Å². The first-order valence-corrected chi connectivity index (χ1v) is 4.77. The molecule has 3 nitrogen and oxygen atoms in total. The number of hydrogen-bond donors (Lipinski definition) is 1. The van der Waals surface area contributed by atoms with Crippen LogP contribution < -0.4 is 5.56 Å². The fourth-order valence-corrected chi connectivity index (χ4v) is 1.41. The number of aryl methyl sites for hydroxylation is 1. The van der Waals surface area contributed by atoms with Crippen molar-refractivity contribution in [3.63, 3.8) is 0 Å². The van der Waals surface area contributed by atoms with Crippen molar-refractivity contribution < 1.29 is 4.39 Å². The smallest absolute Gasteiger partial charge is 0.271 e. The van der Waals surface area contributed by atoms with E-state index in [1.807, 2.05) is 6.92 Å². The molecule has 0 aliphatic rings. The van der Waals surface area contributed by atoms with Crippen LogP contribution in [0, 0.1) is 5.82 Å². The zero-order valence-corrected chi connectivity index (χ0v) is 8.33. The molecule has 0 amide bonds. The zero-order valence-electron chi connectivity index (χ0n) is 8.33. The van der Waals surface area contributed by atoms with Crippen molar-refractivity contribution in [1.29, 1.82) is 0 Å². The highest BCUT2D eigenvalue weighted by Gasteiger charge is 2.03. The molecule has 0 saturated heterocycles. The predicted molar refractivity (Wildman–Crippen MR) is 55.7 cm³/mol. The normalized spacial score (nSPS) is 10.5. The monoisotopic (exact) mass is 206 g/mol. The fraction of sp³-hybridized carbons (Fsp3) is 0.182. The van der Waals surface area contributed by atoms with Crippen molar-refractivity contribution in [2.75, 3.05) is 0 Å². The average Bonchev–Trinajstić information content (AvgIpc) is 2.61. The highest BCUT2D eigenvalue weighted by Crippen LogP contribution is 2.06. The summed E-state index contributed by atoms with van der Waals surface area (Å²) in [6.45, 7) is 1.96. The first-order valence-electron chi connectivity index (χ1n) is 4.77. The van der Waals surface area contributed by atoms with E-state index in [0.717, 1.165) is 12.1 Å². The summed E-state index contributed by atoms with van der Waals surface area (Å²) in [6.07, 6.45) is 0.767. The number of halogens is 1. The predicted octanol–water partition coefficient (Wildman–Crippen LogP) is 1.87. The van der Waals surface area contributed by atoms with Crippen molar-refractivity contribution >= 4 is 0 Å². The summed E-state index contributed by atoms with van der Waals surface area (Å²) in [4.78, 5) is 11.5. The molecule has 0 atom stereocenters. The molecule has 4 heteroatoms. The Balaban J connectivity index is 2.49. The Morgan fingerprint density at radius 1 is 1.33 bits per heavy atom. The van der Waals surface area contributed by atoms with Crippen LogP contribution in [0.4, 0.5) is 4.39 Å². The van der Waals surface area contributed by atoms with Gasteiger partial charge in [-0.25, -0.2) is 9.07 Å². The molecule has 1 aromatic heterocycles. The van der Waals surface area contributed by atoms with Crippen LogP contribution in [0.1, 0.15) is 12.6 Å². The van der Waals surface area contributed by atoms with E-state index in [2.05, 4.69) is 5.10 Å². The minimum Gasteiger partial charge on any atom is -0.295 e. The van der Waals surface area contributed by atoms with Crippen LogP contribution >= 0.6 is 0 Å². The molecule has 0 radical (unpaired) electrons. The summed E-state index contributed by atoms with van der Waals surface area (Å²) in [7, 11) is 0. The maximum absolute atomic E-state index is 12.7. The third kappa shape index (κ3) is 1.83. The molecule has 0 unspecified atom stereocenters. The van der Waals surface area contributed by atoms with Crippen molar-refractivity contribution in [2.24, 2.45) is 0 Å². The molecule has 1 heterocycles. The lowest BCUT2D eigenvalue weighted by Crippen LogP contribution is -2.13. The largest absolute Gasteiger partial charge is 0.295 e. The topological polar surface area (TPSA) is 37.8 Å². The van der Waals surface area contributed by atoms with Crippen LogP contribution in [-0.2, 0) is 6.42 Å². The first kappa shape index (κ1) is 9.71. The van der Waals surface area contributed by atoms with Crippen LogP contribution in [0.2, 0.25) is 0 Å². The summed E-state index contributed by atoms with van der Waals surface area (Å²) in [6, 6.07) is 7.32. The third-order valence-electron chi connectivity index (χ3n) is 2.24. The Labute approximate surface area is 86.2 Å². The van der Waals surface area contributed by atoms with E-state index in [9.17, 15) is 9.18 Å². The fourth-order valence-electron chi connectivity index (χ4n) is 1.41. The molecular weight excluding hydrogens is 195 g/mol. The molecule has 0 aliphatic heterocycles. The maximum atomic E-state index is 12.7. The molecule has 0 aliphatic carbocycles. The van der Waals surface area contributed by atoms with Gasteiger partial charge in [0.2, 0.25) is 0 Å². The van der Waals surface area contributed by atoms with Crippen molar-refractivity contribution in [1.82, 2.24) is 9.78 Å². The van der Waals surface area contributed by atoms with E-state index in [1.165, 1.54) is 16.8 Å². The minimum atomic E-state index is -0.311. The molecule has 0 saturated carbocycles. The highest BCUT2D eigenvalue weighted by atomic mass is 19.1. The molecule has 78 valence electrons.